The maximum absolute atomic E-state index is 11.3. The second kappa shape index (κ2) is 7.68. The first-order chi connectivity index (χ1) is 8.99. The van der Waals surface area contributed by atoms with Crippen molar-refractivity contribution in [2.24, 2.45) is 0 Å². The Morgan fingerprint density at radius 3 is 2.32 bits per heavy atom. The summed E-state index contributed by atoms with van der Waals surface area (Å²) in [5.41, 5.74) is 1.56. The van der Waals surface area contributed by atoms with Gasteiger partial charge in [-0.2, -0.15) is 0 Å². The number of rotatable bonds is 8. The Hall–Kier alpha value is -0.830. The summed E-state index contributed by atoms with van der Waals surface area (Å²) in [5, 5.41) is 0. The summed E-state index contributed by atoms with van der Waals surface area (Å²) in [6.07, 6.45) is 1.97. The first kappa shape index (κ1) is 16.2. The Morgan fingerprint density at radius 1 is 1.16 bits per heavy atom. The summed E-state index contributed by atoms with van der Waals surface area (Å²) in [5.74, 6) is 2.37. The molecular weight excluding hydrogens is 256 g/mol. The van der Waals surface area contributed by atoms with Gasteiger partial charge in [0, 0.05) is 22.3 Å². The smallest absolute Gasteiger partial charge is 0.119 e. The third kappa shape index (κ3) is 5.35. The van der Waals surface area contributed by atoms with Crippen LogP contribution in [0.5, 0.6) is 5.75 Å². The molecule has 0 N–H and O–H groups in total. The molecule has 0 bridgehead atoms. The lowest BCUT2D eigenvalue weighted by atomic mass is 9.82. The summed E-state index contributed by atoms with van der Waals surface area (Å²) in [4.78, 5) is 0. The van der Waals surface area contributed by atoms with Crippen LogP contribution in [-0.4, -0.2) is 22.3 Å². The van der Waals surface area contributed by atoms with Crippen molar-refractivity contribution in [3.8, 4) is 5.75 Å². The van der Waals surface area contributed by atoms with E-state index in [2.05, 4.69) is 32.9 Å². The van der Waals surface area contributed by atoms with Crippen LogP contribution in [-0.2, 0) is 16.2 Å². The van der Waals surface area contributed by atoms with Gasteiger partial charge in [0.15, 0.2) is 0 Å². The van der Waals surface area contributed by atoms with Crippen molar-refractivity contribution < 1.29 is 8.95 Å². The Kier molecular flexibility index (Phi) is 6.56. The van der Waals surface area contributed by atoms with E-state index in [0.29, 0.717) is 6.61 Å². The van der Waals surface area contributed by atoms with E-state index in [4.69, 9.17) is 4.74 Å². The van der Waals surface area contributed by atoms with Gasteiger partial charge in [0.2, 0.25) is 0 Å². The fraction of sp³-hybridized carbons (Fsp3) is 0.625. The molecule has 0 aliphatic heterocycles. The summed E-state index contributed by atoms with van der Waals surface area (Å²) >= 11 is 0. The van der Waals surface area contributed by atoms with E-state index < -0.39 is 10.8 Å². The van der Waals surface area contributed by atoms with Crippen molar-refractivity contribution >= 4 is 10.8 Å². The minimum Gasteiger partial charge on any atom is -0.494 e. The van der Waals surface area contributed by atoms with Crippen molar-refractivity contribution in [1.82, 2.24) is 0 Å². The minimum absolute atomic E-state index is 0.219. The molecule has 0 aliphatic rings. The third-order valence-corrected chi connectivity index (χ3v) is 5.01. The van der Waals surface area contributed by atoms with Crippen LogP contribution in [0.3, 0.4) is 0 Å². The van der Waals surface area contributed by atoms with Gasteiger partial charge in [-0.1, -0.05) is 39.8 Å². The molecule has 0 heterocycles. The van der Waals surface area contributed by atoms with Crippen molar-refractivity contribution in [1.29, 1.82) is 0 Å². The van der Waals surface area contributed by atoms with Crippen LogP contribution in [0.25, 0.3) is 0 Å². The highest BCUT2D eigenvalue weighted by molar-refractivity contribution is 7.84. The molecule has 0 spiro atoms. The average Bonchev–Trinajstić information content (AvgIpc) is 2.43. The van der Waals surface area contributed by atoms with Gasteiger partial charge < -0.3 is 4.74 Å². The summed E-state index contributed by atoms with van der Waals surface area (Å²) in [6, 6.07) is 8.35. The molecule has 0 saturated carbocycles. The van der Waals surface area contributed by atoms with Crippen molar-refractivity contribution in [3.63, 3.8) is 0 Å². The maximum atomic E-state index is 11.3. The van der Waals surface area contributed by atoms with Crippen molar-refractivity contribution in [2.45, 2.75) is 46.0 Å². The van der Waals surface area contributed by atoms with Crippen LogP contribution in [0, 0.1) is 0 Å². The minimum atomic E-state index is -0.682. The Balaban J connectivity index is 2.43. The lowest BCUT2D eigenvalue weighted by Gasteiger charge is -2.23. The molecule has 1 rings (SSSR count). The van der Waals surface area contributed by atoms with Gasteiger partial charge in [-0.3, -0.25) is 4.21 Å². The van der Waals surface area contributed by atoms with Gasteiger partial charge in [0.05, 0.1) is 6.61 Å². The molecular formula is C16H26O2S. The summed E-state index contributed by atoms with van der Waals surface area (Å²) in [7, 11) is -0.682. The molecule has 1 atom stereocenters. The first-order valence-electron chi connectivity index (χ1n) is 7.08. The lowest BCUT2D eigenvalue weighted by molar-refractivity contribution is 0.318. The van der Waals surface area contributed by atoms with Crippen molar-refractivity contribution in [2.75, 3.05) is 18.1 Å². The second-order valence-electron chi connectivity index (χ2n) is 5.40. The molecule has 1 unspecified atom stereocenters. The Morgan fingerprint density at radius 2 is 1.79 bits per heavy atom. The monoisotopic (exact) mass is 282 g/mol. The molecule has 0 fully saturated rings. The first-order valence-corrected chi connectivity index (χ1v) is 8.56. The van der Waals surface area contributed by atoms with Crippen LogP contribution in [0.4, 0.5) is 0 Å². The van der Waals surface area contributed by atoms with E-state index in [0.717, 1.165) is 30.1 Å². The molecule has 1 aromatic rings. The zero-order valence-electron chi connectivity index (χ0n) is 12.6. The predicted octanol–water partition coefficient (Wildman–Crippen LogP) is 3.91. The highest BCUT2D eigenvalue weighted by Gasteiger charge is 2.17. The molecule has 0 saturated heterocycles. The molecule has 108 valence electrons. The van der Waals surface area contributed by atoms with Gasteiger partial charge in [-0.25, -0.2) is 0 Å². The van der Waals surface area contributed by atoms with E-state index >= 15 is 0 Å². The quantitative estimate of drug-likeness (QED) is 0.676. The molecule has 3 heteroatoms. The molecule has 0 aliphatic carbocycles. The Bertz CT molecular complexity index is 396. The predicted molar refractivity (Wildman–Crippen MR) is 83.4 cm³/mol. The summed E-state index contributed by atoms with van der Waals surface area (Å²) < 4.78 is 16.9. The fourth-order valence-corrected chi connectivity index (χ4v) is 2.49. The zero-order chi connectivity index (χ0) is 14.3. The van der Waals surface area contributed by atoms with Gasteiger partial charge in [-0.05, 0) is 36.0 Å². The second-order valence-corrected chi connectivity index (χ2v) is 7.26. The highest BCUT2D eigenvalue weighted by atomic mass is 32.2. The number of benzene rings is 1. The zero-order valence-corrected chi connectivity index (χ0v) is 13.4. The van der Waals surface area contributed by atoms with Crippen LogP contribution < -0.4 is 4.74 Å². The Labute approximate surface area is 120 Å². The molecule has 0 aromatic heterocycles. The van der Waals surface area contributed by atoms with Crippen LogP contribution >= 0.6 is 0 Å². The lowest BCUT2D eigenvalue weighted by Crippen LogP contribution is -2.15. The highest BCUT2D eigenvalue weighted by Crippen LogP contribution is 2.27. The number of hydrogen-bond donors (Lipinski definition) is 0. The van der Waals surface area contributed by atoms with Crippen LogP contribution in [0.2, 0.25) is 0 Å². The van der Waals surface area contributed by atoms with E-state index in [1.165, 1.54) is 5.56 Å². The molecule has 0 radical (unpaired) electrons. The van der Waals surface area contributed by atoms with Crippen molar-refractivity contribution in [3.05, 3.63) is 29.8 Å². The van der Waals surface area contributed by atoms with Crippen LogP contribution in [0.1, 0.15) is 46.1 Å². The van der Waals surface area contributed by atoms with Crippen LogP contribution in [0.15, 0.2) is 24.3 Å². The van der Waals surface area contributed by atoms with E-state index in [1.807, 2.05) is 19.1 Å². The normalized spacial score (nSPS) is 13.3. The molecule has 0 amide bonds. The average molecular weight is 282 g/mol. The van der Waals surface area contributed by atoms with Gasteiger partial charge in [0.25, 0.3) is 0 Å². The van der Waals surface area contributed by atoms with Gasteiger partial charge in [-0.15, -0.1) is 0 Å². The summed E-state index contributed by atoms with van der Waals surface area (Å²) in [6.45, 7) is 9.30. The van der Waals surface area contributed by atoms with Gasteiger partial charge >= 0.3 is 0 Å². The maximum Gasteiger partial charge on any atom is 0.119 e. The number of ether oxygens (including phenoxy) is 1. The number of hydrogen-bond acceptors (Lipinski definition) is 2. The topological polar surface area (TPSA) is 26.3 Å². The molecule has 19 heavy (non-hydrogen) atoms. The largest absolute Gasteiger partial charge is 0.494 e. The van der Waals surface area contributed by atoms with Gasteiger partial charge in [0.1, 0.15) is 5.75 Å². The standard InChI is InChI=1S/C16H26O2S/c1-5-16(3,4)14-8-10-15(11-9-14)18-12-7-13-19(17)6-2/h8-11H,5-7,12-13H2,1-4H3. The van der Waals surface area contributed by atoms with E-state index in [1.54, 1.807) is 0 Å². The van der Waals surface area contributed by atoms with E-state index in [-0.39, 0.29) is 5.41 Å². The van der Waals surface area contributed by atoms with E-state index in [9.17, 15) is 4.21 Å². The SMILES string of the molecule is CCS(=O)CCCOc1ccc(C(C)(C)CC)cc1. The molecule has 1 aromatic carbocycles. The molecule has 2 nitrogen and oxygen atoms in total. The third-order valence-electron chi connectivity index (χ3n) is 3.63. The fourth-order valence-electron chi connectivity index (χ4n) is 1.76.